The summed E-state index contributed by atoms with van der Waals surface area (Å²) in [5, 5.41) is 6.42. The quantitative estimate of drug-likeness (QED) is 0.596. The van der Waals surface area contributed by atoms with Gasteiger partial charge >= 0.3 is 0 Å². The molecule has 3 aliphatic heterocycles. The van der Waals surface area contributed by atoms with E-state index in [0.717, 1.165) is 11.1 Å². The summed E-state index contributed by atoms with van der Waals surface area (Å²) in [4.78, 5) is 42.3. The summed E-state index contributed by atoms with van der Waals surface area (Å²) in [7, 11) is 3.15. The van der Waals surface area contributed by atoms with E-state index < -0.39 is 17.4 Å². The molecule has 0 radical (unpaired) electrons. The van der Waals surface area contributed by atoms with E-state index in [2.05, 4.69) is 24.5 Å². The Balaban J connectivity index is 1.47. The van der Waals surface area contributed by atoms with Gasteiger partial charge in [-0.2, -0.15) is 0 Å². The third kappa shape index (κ3) is 3.50. The average Bonchev–Trinajstić information content (AvgIpc) is 3.41. The van der Waals surface area contributed by atoms with Crippen molar-refractivity contribution in [3.63, 3.8) is 0 Å². The second-order valence-electron chi connectivity index (χ2n) is 9.96. The molecule has 2 aromatic rings. The van der Waals surface area contributed by atoms with Crippen LogP contribution in [0.2, 0.25) is 0 Å². The molecule has 1 spiro atoms. The number of carbonyl (C=O) groups excluding carboxylic acids is 3. The maximum absolute atomic E-state index is 13.8. The molecular formula is C27H31N3O5. The van der Waals surface area contributed by atoms with Crippen LogP contribution >= 0.6 is 0 Å². The number of likely N-dealkylation sites (tertiary alicyclic amines) is 1. The third-order valence-electron chi connectivity index (χ3n) is 7.51. The molecule has 0 saturated carbocycles. The van der Waals surface area contributed by atoms with Crippen LogP contribution in [0.25, 0.3) is 0 Å². The number of fused-ring (bicyclic) bond motifs is 4. The Kier molecular flexibility index (Phi) is 5.79. The zero-order chi connectivity index (χ0) is 24.9. The molecule has 2 saturated heterocycles. The first-order chi connectivity index (χ1) is 16.8. The minimum Gasteiger partial charge on any atom is -0.493 e. The fourth-order valence-electron chi connectivity index (χ4n) is 6.03. The van der Waals surface area contributed by atoms with E-state index in [1.54, 1.807) is 14.2 Å². The number of nitrogens with zero attached hydrogens (tertiary/aromatic N) is 1. The van der Waals surface area contributed by atoms with Crippen molar-refractivity contribution in [2.75, 3.05) is 26.1 Å². The van der Waals surface area contributed by atoms with Gasteiger partial charge in [-0.1, -0.05) is 38.1 Å². The molecule has 2 unspecified atom stereocenters. The van der Waals surface area contributed by atoms with Crippen LogP contribution in [0.4, 0.5) is 5.69 Å². The first-order valence-electron chi connectivity index (χ1n) is 12.1. The van der Waals surface area contributed by atoms with Crippen LogP contribution in [0.5, 0.6) is 11.5 Å². The van der Waals surface area contributed by atoms with Crippen LogP contribution in [0, 0.1) is 17.8 Å². The Morgan fingerprint density at radius 2 is 1.74 bits per heavy atom. The van der Waals surface area contributed by atoms with Crippen molar-refractivity contribution >= 4 is 23.4 Å². The average molecular weight is 478 g/mol. The number of nitrogens with one attached hydrogen (secondary N) is 2. The Morgan fingerprint density at radius 1 is 1.00 bits per heavy atom. The van der Waals surface area contributed by atoms with Gasteiger partial charge in [0.25, 0.3) is 0 Å². The normalized spacial score (nSPS) is 26.9. The fourth-order valence-corrected chi connectivity index (χ4v) is 6.03. The number of para-hydroxylation sites is 1. The molecule has 2 fully saturated rings. The molecule has 8 nitrogen and oxygen atoms in total. The molecular weight excluding hydrogens is 446 g/mol. The van der Waals surface area contributed by atoms with Gasteiger partial charge in [-0.3, -0.25) is 24.6 Å². The fraction of sp³-hybridized carbons (Fsp3) is 0.444. The van der Waals surface area contributed by atoms with E-state index in [4.69, 9.17) is 9.47 Å². The second kappa shape index (κ2) is 8.68. The van der Waals surface area contributed by atoms with Crippen molar-refractivity contribution in [3.8, 4) is 11.5 Å². The first-order valence-corrected chi connectivity index (χ1v) is 12.1. The maximum Gasteiger partial charge on any atom is 0.250 e. The molecule has 4 atom stereocenters. The summed E-state index contributed by atoms with van der Waals surface area (Å²) in [6.07, 6.45) is 1.18. The predicted molar refractivity (Wildman–Crippen MR) is 130 cm³/mol. The Bertz CT molecular complexity index is 1200. The standard InChI is InChI=1S/C27H31N3O5/c1-15(2)13-19-22-23(27(29-19)17-7-5-6-8-18(17)28-26(27)33)25(32)30(24(22)31)12-11-16-9-10-20(34-3)21(14-16)35-4/h5-10,14-15,19,22-23,29H,11-13H2,1-4H3,(H,28,33)/t19?,22-,23+,27?/m1/s1. The number of methoxy groups -OCH3 is 2. The van der Waals surface area contributed by atoms with Gasteiger partial charge in [0.15, 0.2) is 11.5 Å². The van der Waals surface area contributed by atoms with Gasteiger partial charge in [-0.25, -0.2) is 0 Å². The van der Waals surface area contributed by atoms with E-state index in [-0.39, 0.29) is 30.3 Å². The van der Waals surface area contributed by atoms with Crippen molar-refractivity contribution in [2.24, 2.45) is 17.8 Å². The maximum atomic E-state index is 13.8. The highest BCUT2D eigenvalue weighted by atomic mass is 16.5. The van der Waals surface area contributed by atoms with Crippen molar-refractivity contribution in [1.82, 2.24) is 10.2 Å². The lowest BCUT2D eigenvalue weighted by molar-refractivity contribution is -0.142. The van der Waals surface area contributed by atoms with Gasteiger partial charge in [0.05, 0.1) is 26.1 Å². The smallest absolute Gasteiger partial charge is 0.250 e. The van der Waals surface area contributed by atoms with Crippen LogP contribution in [0.15, 0.2) is 42.5 Å². The van der Waals surface area contributed by atoms with Gasteiger partial charge in [-0.05, 0) is 42.5 Å². The van der Waals surface area contributed by atoms with Gasteiger partial charge in [0.1, 0.15) is 5.54 Å². The third-order valence-corrected chi connectivity index (χ3v) is 7.51. The van der Waals surface area contributed by atoms with Crippen LogP contribution < -0.4 is 20.1 Å². The van der Waals surface area contributed by atoms with Crippen LogP contribution in [-0.2, 0) is 26.3 Å². The van der Waals surface area contributed by atoms with E-state index in [1.165, 1.54) is 4.90 Å². The first kappa shape index (κ1) is 23.4. The number of rotatable bonds is 7. The van der Waals surface area contributed by atoms with Gasteiger partial charge in [0.2, 0.25) is 17.7 Å². The van der Waals surface area contributed by atoms with Crippen molar-refractivity contribution in [1.29, 1.82) is 0 Å². The number of anilines is 1. The molecule has 184 valence electrons. The molecule has 0 aliphatic carbocycles. The number of amides is 3. The van der Waals surface area contributed by atoms with E-state index in [0.29, 0.717) is 35.9 Å². The number of hydrogen-bond donors (Lipinski definition) is 2. The molecule has 3 aliphatic rings. The molecule has 0 bridgehead atoms. The number of imide groups is 1. The lowest BCUT2D eigenvalue weighted by Gasteiger charge is -2.30. The van der Waals surface area contributed by atoms with E-state index >= 15 is 0 Å². The molecule has 0 aromatic heterocycles. The van der Waals surface area contributed by atoms with Crippen molar-refractivity contribution in [2.45, 2.75) is 38.3 Å². The number of benzene rings is 2. The highest BCUT2D eigenvalue weighted by Gasteiger charge is 2.70. The SMILES string of the molecule is COc1ccc(CCN2C(=O)[C@@H]3C(CC(C)C)NC4(C(=O)Nc5ccccc54)[C@@H]3C2=O)cc1OC. The number of hydrogen-bond acceptors (Lipinski definition) is 6. The summed E-state index contributed by atoms with van der Waals surface area (Å²) in [5.41, 5.74) is 1.13. The van der Waals surface area contributed by atoms with Gasteiger partial charge < -0.3 is 14.8 Å². The number of carbonyl (C=O) groups is 3. The zero-order valence-corrected chi connectivity index (χ0v) is 20.5. The van der Waals surface area contributed by atoms with E-state index in [9.17, 15) is 14.4 Å². The second-order valence-corrected chi connectivity index (χ2v) is 9.96. The Labute approximate surface area is 205 Å². The van der Waals surface area contributed by atoms with Gasteiger partial charge in [0, 0.05) is 23.8 Å². The molecule has 35 heavy (non-hydrogen) atoms. The Morgan fingerprint density at radius 3 is 2.46 bits per heavy atom. The largest absolute Gasteiger partial charge is 0.493 e. The van der Waals surface area contributed by atoms with Crippen LogP contribution in [0.3, 0.4) is 0 Å². The summed E-state index contributed by atoms with van der Waals surface area (Å²) < 4.78 is 10.7. The summed E-state index contributed by atoms with van der Waals surface area (Å²) in [5.74, 6) is -0.580. The highest BCUT2D eigenvalue weighted by Crippen LogP contribution is 2.53. The predicted octanol–water partition coefficient (Wildman–Crippen LogP) is 2.71. The molecule has 2 aromatic carbocycles. The monoisotopic (exact) mass is 477 g/mol. The van der Waals surface area contributed by atoms with Crippen molar-refractivity contribution in [3.05, 3.63) is 53.6 Å². The lowest BCUT2D eigenvalue weighted by atomic mass is 9.76. The van der Waals surface area contributed by atoms with E-state index in [1.807, 2.05) is 42.5 Å². The molecule has 3 amide bonds. The summed E-state index contributed by atoms with van der Waals surface area (Å²) >= 11 is 0. The Hall–Kier alpha value is -3.39. The molecule has 3 heterocycles. The minimum absolute atomic E-state index is 0.201. The highest BCUT2D eigenvalue weighted by molar-refractivity contribution is 6.15. The van der Waals surface area contributed by atoms with Crippen LogP contribution in [0.1, 0.15) is 31.4 Å². The summed E-state index contributed by atoms with van der Waals surface area (Å²) in [6, 6.07) is 12.7. The molecule has 8 heteroatoms. The molecule has 5 rings (SSSR count). The summed E-state index contributed by atoms with van der Waals surface area (Å²) in [6.45, 7) is 4.41. The topological polar surface area (TPSA) is 97.0 Å². The minimum atomic E-state index is -1.23. The lowest BCUT2D eigenvalue weighted by Crippen LogP contribution is -2.53. The number of ether oxygens (including phenoxy) is 2. The molecule has 2 N–H and O–H groups in total. The zero-order valence-electron chi connectivity index (χ0n) is 20.5. The van der Waals surface area contributed by atoms with Crippen LogP contribution in [-0.4, -0.2) is 49.4 Å². The van der Waals surface area contributed by atoms with Crippen molar-refractivity contribution < 1.29 is 23.9 Å². The van der Waals surface area contributed by atoms with Gasteiger partial charge in [-0.15, -0.1) is 0 Å².